The molecule has 0 radical (unpaired) electrons. The van der Waals surface area contributed by atoms with Crippen LogP contribution >= 0.6 is 24.0 Å². The van der Waals surface area contributed by atoms with Crippen molar-refractivity contribution in [1.82, 2.24) is 0 Å². The van der Waals surface area contributed by atoms with Crippen molar-refractivity contribution in [2.75, 3.05) is 11.5 Å². The summed E-state index contributed by atoms with van der Waals surface area (Å²) in [6.07, 6.45) is 3.35. The standard InChI is InChI=1S/C19H14FNO2S2/c1-2-11-23-16-10-6-3-7-13(16)12-17-18(22)21(19(24)25-17)15-9-5-4-8-14(15)20/h2-10,12H,1,11H2/b17-12+. The third kappa shape index (κ3) is 3.65. The third-order valence-electron chi connectivity index (χ3n) is 3.45. The number of nitrogens with zero attached hydrogens (tertiary/aromatic N) is 1. The number of amides is 1. The highest BCUT2D eigenvalue weighted by Crippen LogP contribution is 2.37. The minimum absolute atomic E-state index is 0.157. The Bertz CT molecular complexity index is 879. The number of carbonyl (C=O) groups excluding carboxylic acids is 1. The van der Waals surface area contributed by atoms with Crippen LogP contribution in [0.3, 0.4) is 0 Å². The molecule has 0 atom stereocenters. The average Bonchev–Trinajstić information content (AvgIpc) is 2.88. The Balaban J connectivity index is 1.94. The van der Waals surface area contributed by atoms with Gasteiger partial charge in [0.1, 0.15) is 18.2 Å². The van der Waals surface area contributed by atoms with E-state index in [2.05, 4.69) is 6.58 Å². The monoisotopic (exact) mass is 371 g/mol. The minimum Gasteiger partial charge on any atom is -0.489 e. The van der Waals surface area contributed by atoms with Crippen LogP contribution in [-0.2, 0) is 4.79 Å². The Morgan fingerprint density at radius 2 is 1.92 bits per heavy atom. The molecule has 3 nitrogen and oxygen atoms in total. The van der Waals surface area contributed by atoms with Gasteiger partial charge in [-0.15, -0.1) is 0 Å². The second-order valence-electron chi connectivity index (χ2n) is 5.11. The largest absolute Gasteiger partial charge is 0.489 e. The van der Waals surface area contributed by atoms with Crippen LogP contribution in [0.25, 0.3) is 6.08 Å². The quantitative estimate of drug-likeness (QED) is 0.429. The van der Waals surface area contributed by atoms with Gasteiger partial charge in [-0.25, -0.2) is 4.39 Å². The molecule has 25 heavy (non-hydrogen) atoms. The lowest BCUT2D eigenvalue weighted by Crippen LogP contribution is -2.28. The Morgan fingerprint density at radius 1 is 1.20 bits per heavy atom. The number of benzene rings is 2. The fourth-order valence-electron chi connectivity index (χ4n) is 2.33. The first-order chi connectivity index (χ1) is 12.1. The second kappa shape index (κ2) is 7.63. The molecule has 0 spiro atoms. The lowest BCUT2D eigenvalue weighted by Gasteiger charge is -2.14. The van der Waals surface area contributed by atoms with Crippen LogP contribution in [0.15, 0.2) is 66.1 Å². The lowest BCUT2D eigenvalue weighted by atomic mass is 10.2. The third-order valence-corrected chi connectivity index (χ3v) is 4.75. The van der Waals surface area contributed by atoms with Gasteiger partial charge in [-0.2, -0.15) is 0 Å². The number of para-hydroxylation sites is 2. The van der Waals surface area contributed by atoms with E-state index < -0.39 is 5.82 Å². The molecule has 126 valence electrons. The maximum absolute atomic E-state index is 14.0. The number of ether oxygens (including phenoxy) is 1. The highest BCUT2D eigenvalue weighted by atomic mass is 32.2. The van der Waals surface area contributed by atoms with Gasteiger partial charge in [0.25, 0.3) is 5.91 Å². The molecule has 0 bridgehead atoms. The number of rotatable bonds is 5. The number of hydrogen-bond acceptors (Lipinski definition) is 4. The molecule has 1 amide bonds. The molecule has 3 rings (SSSR count). The molecule has 1 aliphatic heterocycles. The van der Waals surface area contributed by atoms with Crippen LogP contribution in [0.2, 0.25) is 0 Å². The maximum atomic E-state index is 14.0. The lowest BCUT2D eigenvalue weighted by molar-refractivity contribution is -0.113. The smallest absolute Gasteiger partial charge is 0.270 e. The predicted molar refractivity (Wildman–Crippen MR) is 104 cm³/mol. The normalized spacial score (nSPS) is 15.7. The van der Waals surface area contributed by atoms with Crippen LogP contribution < -0.4 is 9.64 Å². The van der Waals surface area contributed by atoms with E-state index in [0.717, 1.165) is 17.3 Å². The van der Waals surface area contributed by atoms with E-state index in [9.17, 15) is 9.18 Å². The van der Waals surface area contributed by atoms with E-state index in [0.29, 0.717) is 21.6 Å². The van der Waals surface area contributed by atoms with Gasteiger partial charge in [0.2, 0.25) is 0 Å². The van der Waals surface area contributed by atoms with Crippen LogP contribution in [0.1, 0.15) is 5.56 Å². The van der Waals surface area contributed by atoms with Gasteiger partial charge in [-0.3, -0.25) is 9.69 Å². The van der Waals surface area contributed by atoms with Gasteiger partial charge >= 0.3 is 0 Å². The summed E-state index contributed by atoms with van der Waals surface area (Å²) in [6, 6.07) is 13.4. The zero-order valence-corrected chi connectivity index (χ0v) is 14.8. The summed E-state index contributed by atoms with van der Waals surface area (Å²) in [6.45, 7) is 3.99. The maximum Gasteiger partial charge on any atom is 0.270 e. The first-order valence-electron chi connectivity index (χ1n) is 7.47. The Morgan fingerprint density at radius 3 is 2.68 bits per heavy atom. The Hall–Kier alpha value is -2.44. The Labute approximate surface area is 154 Å². The number of carbonyl (C=O) groups is 1. The molecule has 0 aromatic heterocycles. The van der Waals surface area contributed by atoms with Gasteiger partial charge in [-0.05, 0) is 24.3 Å². The SMILES string of the molecule is C=CCOc1ccccc1/C=C1/SC(=S)N(c2ccccc2F)C1=O. The number of anilines is 1. The first kappa shape index (κ1) is 17.4. The fraction of sp³-hybridized carbons (Fsp3) is 0.0526. The summed E-state index contributed by atoms with van der Waals surface area (Å²) in [5, 5.41) is 0. The molecule has 1 aliphatic rings. The molecule has 1 saturated heterocycles. The molecule has 6 heteroatoms. The van der Waals surface area contributed by atoms with Crippen molar-refractivity contribution in [1.29, 1.82) is 0 Å². The van der Waals surface area contributed by atoms with Crippen molar-refractivity contribution in [3.8, 4) is 5.75 Å². The molecule has 2 aromatic carbocycles. The summed E-state index contributed by atoms with van der Waals surface area (Å²) < 4.78 is 19.9. The van der Waals surface area contributed by atoms with Gasteiger partial charge in [0, 0.05) is 5.56 Å². The molecule has 0 saturated carbocycles. The summed E-state index contributed by atoms with van der Waals surface area (Å²) in [5.74, 6) is -0.202. The summed E-state index contributed by atoms with van der Waals surface area (Å²) in [4.78, 5) is 14.4. The highest BCUT2D eigenvalue weighted by molar-refractivity contribution is 8.27. The number of thiocarbonyl (C=S) groups is 1. The van der Waals surface area contributed by atoms with Gasteiger partial charge in [-0.1, -0.05) is 67.0 Å². The molecular formula is C19H14FNO2S2. The highest BCUT2D eigenvalue weighted by Gasteiger charge is 2.34. The van der Waals surface area contributed by atoms with Crippen molar-refractivity contribution in [3.05, 3.63) is 77.5 Å². The van der Waals surface area contributed by atoms with Crippen molar-refractivity contribution in [2.24, 2.45) is 0 Å². The zero-order valence-electron chi connectivity index (χ0n) is 13.1. The van der Waals surface area contributed by atoms with Gasteiger partial charge in [0.05, 0.1) is 10.6 Å². The van der Waals surface area contributed by atoms with E-state index in [1.54, 1.807) is 24.3 Å². The number of halogens is 1. The molecule has 2 aromatic rings. The molecule has 1 heterocycles. The summed E-state index contributed by atoms with van der Waals surface area (Å²) in [7, 11) is 0. The topological polar surface area (TPSA) is 29.5 Å². The summed E-state index contributed by atoms with van der Waals surface area (Å²) in [5.41, 5.74) is 0.906. The van der Waals surface area contributed by atoms with Crippen LogP contribution in [0.4, 0.5) is 10.1 Å². The van der Waals surface area contributed by atoms with E-state index >= 15 is 0 Å². The van der Waals surface area contributed by atoms with Crippen molar-refractivity contribution >= 4 is 46.0 Å². The van der Waals surface area contributed by atoms with E-state index in [-0.39, 0.29) is 11.6 Å². The van der Waals surface area contributed by atoms with Crippen molar-refractivity contribution in [2.45, 2.75) is 0 Å². The van der Waals surface area contributed by atoms with Crippen LogP contribution in [-0.4, -0.2) is 16.8 Å². The van der Waals surface area contributed by atoms with Crippen LogP contribution in [0.5, 0.6) is 5.75 Å². The molecule has 0 N–H and O–H groups in total. The number of hydrogen-bond donors (Lipinski definition) is 0. The average molecular weight is 371 g/mol. The summed E-state index contributed by atoms with van der Waals surface area (Å²) >= 11 is 6.41. The van der Waals surface area contributed by atoms with Gasteiger partial charge < -0.3 is 4.74 Å². The molecule has 0 aliphatic carbocycles. The molecule has 0 unspecified atom stereocenters. The van der Waals surface area contributed by atoms with E-state index in [1.165, 1.54) is 17.0 Å². The van der Waals surface area contributed by atoms with Gasteiger partial charge in [0.15, 0.2) is 4.32 Å². The second-order valence-corrected chi connectivity index (χ2v) is 6.78. The molecular weight excluding hydrogens is 357 g/mol. The fourth-order valence-corrected chi connectivity index (χ4v) is 3.61. The van der Waals surface area contributed by atoms with E-state index in [4.69, 9.17) is 17.0 Å². The predicted octanol–water partition coefficient (Wildman–Crippen LogP) is 4.80. The van der Waals surface area contributed by atoms with Crippen molar-refractivity contribution < 1.29 is 13.9 Å². The zero-order chi connectivity index (χ0) is 17.8. The van der Waals surface area contributed by atoms with Crippen molar-refractivity contribution in [3.63, 3.8) is 0 Å². The van der Waals surface area contributed by atoms with Crippen LogP contribution in [0, 0.1) is 5.82 Å². The first-order valence-corrected chi connectivity index (χ1v) is 8.69. The number of thioether (sulfide) groups is 1. The molecule has 1 fully saturated rings. The van der Waals surface area contributed by atoms with E-state index in [1.807, 2.05) is 24.3 Å². The Kier molecular flexibility index (Phi) is 5.31. The minimum atomic E-state index is -0.491.